The fourth-order valence-electron chi connectivity index (χ4n) is 1.47. The summed E-state index contributed by atoms with van der Waals surface area (Å²) in [5.41, 5.74) is 4.25. The highest BCUT2D eigenvalue weighted by Crippen LogP contribution is 2.18. The van der Waals surface area contributed by atoms with Crippen LogP contribution < -0.4 is 16.0 Å². The van der Waals surface area contributed by atoms with Crippen molar-refractivity contribution in [1.82, 2.24) is 4.98 Å². The molecule has 0 aliphatic rings. The fourth-order valence-corrected chi connectivity index (χ4v) is 1.47. The molecule has 0 amide bonds. The van der Waals surface area contributed by atoms with E-state index in [1.807, 2.05) is 13.8 Å². The Bertz CT molecular complexity index is 472. The Balaban J connectivity index is 2.57. The summed E-state index contributed by atoms with van der Waals surface area (Å²) in [5.74, 6) is 5.68. The highest BCUT2D eigenvalue weighted by atomic mass is 19.1. The van der Waals surface area contributed by atoms with Crippen LogP contribution >= 0.6 is 0 Å². The molecular formula is C14H20FN3O. The van der Waals surface area contributed by atoms with E-state index in [-0.39, 0.29) is 18.4 Å². The van der Waals surface area contributed by atoms with Gasteiger partial charge in [-0.3, -0.25) is 5.84 Å². The minimum atomic E-state index is -0.173. The molecule has 3 N–H and O–H groups in total. The molecule has 5 heteroatoms. The first kappa shape index (κ1) is 15.2. The number of allylic oxidation sites excluding steroid dienone is 3. The van der Waals surface area contributed by atoms with E-state index in [1.54, 1.807) is 31.3 Å². The molecule has 19 heavy (non-hydrogen) atoms. The molecule has 1 atom stereocenters. The number of rotatable bonds is 6. The van der Waals surface area contributed by atoms with Gasteiger partial charge in [0.05, 0.1) is 17.7 Å². The highest BCUT2D eigenvalue weighted by Gasteiger charge is 2.04. The molecule has 0 saturated heterocycles. The van der Waals surface area contributed by atoms with Gasteiger partial charge in [-0.15, -0.1) is 0 Å². The molecule has 0 aromatic carbocycles. The largest absolute Gasteiger partial charge is 0.470 e. The molecule has 0 radical (unpaired) electrons. The lowest BCUT2D eigenvalue weighted by atomic mass is 10.2. The van der Waals surface area contributed by atoms with E-state index in [0.29, 0.717) is 5.88 Å². The van der Waals surface area contributed by atoms with Crippen molar-refractivity contribution >= 4 is 5.69 Å². The molecular weight excluding hydrogens is 245 g/mol. The molecule has 1 unspecified atom stereocenters. The monoisotopic (exact) mass is 265 g/mol. The maximum absolute atomic E-state index is 12.9. The zero-order chi connectivity index (χ0) is 14.3. The second-order valence-corrected chi connectivity index (χ2v) is 4.17. The molecule has 0 bridgehead atoms. The van der Waals surface area contributed by atoms with Gasteiger partial charge < -0.3 is 10.2 Å². The van der Waals surface area contributed by atoms with Crippen molar-refractivity contribution in [3.8, 4) is 5.88 Å². The minimum absolute atomic E-state index is 0.157. The van der Waals surface area contributed by atoms with E-state index in [0.717, 1.165) is 11.3 Å². The van der Waals surface area contributed by atoms with E-state index in [9.17, 15) is 4.39 Å². The van der Waals surface area contributed by atoms with Crippen LogP contribution in [0.3, 0.4) is 0 Å². The topological polar surface area (TPSA) is 60.2 Å². The number of halogens is 1. The predicted molar refractivity (Wildman–Crippen MR) is 75.5 cm³/mol. The van der Waals surface area contributed by atoms with Crippen molar-refractivity contribution in [2.45, 2.75) is 33.3 Å². The molecule has 0 fully saturated rings. The van der Waals surface area contributed by atoms with Gasteiger partial charge >= 0.3 is 0 Å². The third-order valence-corrected chi connectivity index (χ3v) is 2.58. The number of nitrogen functional groups attached to an aromatic ring is 1. The summed E-state index contributed by atoms with van der Waals surface area (Å²) in [6.45, 7) is 5.45. The van der Waals surface area contributed by atoms with E-state index < -0.39 is 0 Å². The summed E-state index contributed by atoms with van der Waals surface area (Å²) in [7, 11) is 0. The highest BCUT2D eigenvalue weighted by molar-refractivity contribution is 5.48. The van der Waals surface area contributed by atoms with Gasteiger partial charge in [0.1, 0.15) is 6.10 Å². The second-order valence-electron chi connectivity index (χ2n) is 4.17. The third kappa shape index (κ3) is 5.09. The van der Waals surface area contributed by atoms with Crippen LogP contribution in [0.5, 0.6) is 5.88 Å². The van der Waals surface area contributed by atoms with Crippen molar-refractivity contribution in [3.05, 3.63) is 41.9 Å². The lowest BCUT2D eigenvalue weighted by molar-refractivity contribution is 0.258. The Morgan fingerprint density at radius 1 is 1.63 bits per heavy atom. The number of ether oxygens (including phenoxy) is 1. The molecule has 0 aliphatic heterocycles. The lowest BCUT2D eigenvalue weighted by Crippen LogP contribution is -2.11. The number of aryl methyl sites for hydroxylation is 1. The van der Waals surface area contributed by atoms with E-state index in [2.05, 4.69) is 10.4 Å². The van der Waals surface area contributed by atoms with Gasteiger partial charge in [-0.25, -0.2) is 9.37 Å². The number of nitrogens with one attached hydrogen (secondary N) is 1. The Kier molecular flexibility index (Phi) is 6.02. The maximum Gasteiger partial charge on any atom is 0.214 e. The van der Waals surface area contributed by atoms with Crippen LogP contribution in [0, 0.1) is 6.92 Å². The van der Waals surface area contributed by atoms with Gasteiger partial charge in [-0.2, -0.15) is 0 Å². The molecule has 1 heterocycles. The van der Waals surface area contributed by atoms with Crippen molar-refractivity contribution < 1.29 is 9.13 Å². The van der Waals surface area contributed by atoms with Gasteiger partial charge in [-0.1, -0.05) is 12.2 Å². The number of aromatic nitrogens is 1. The zero-order valence-corrected chi connectivity index (χ0v) is 11.5. The smallest absolute Gasteiger partial charge is 0.214 e. The maximum atomic E-state index is 12.9. The molecule has 1 rings (SSSR count). The van der Waals surface area contributed by atoms with Gasteiger partial charge in [0.15, 0.2) is 0 Å². The average Bonchev–Trinajstić information content (AvgIpc) is 2.38. The summed E-state index contributed by atoms with van der Waals surface area (Å²) in [6, 6.07) is 1.80. The molecule has 0 spiro atoms. The molecule has 0 aliphatic carbocycles. The van der Waals surface area contributed by atoms with Crippen LogP contribution in [0.15, 0.2) is 36.3 Å². The first-order valence-corrected chi connectivity index (χ1v) is 6.14. The first-order chi connectivity index (χ1) is 9.06. The van der Waals surface area contributed by atoms with E-state index >= 15 is 0 Å². The van der Waals surface area contributed by atoms with Crippen LogP contribution in [0.1, 0.15) is 25.8 Å². The predicted octanol–water partition coefficient (Wildman–Crippen LogP) is 3.26. The number of pyridine rings is 1. The van der Waals surface area contributed by atoms with Crippen LogP contribution in [0.2, 0.25) is 0 Å². The summed E-state index contributed by atoms with van der Waals surface area (Å²) in [6.07, 6.45) is 6.71. The van der Waals surface area contributed by atoms with Crippen molar-refractivity contribution in [2.24, 2.45) is 5.84 Å². The van der Waals surface area contributed by atoms with Crippen LogP contribution in [0.25, 0.3) is 0 Å². The zero-order valence-electron chi connectivity index (χ0n) is 11.5. The Morgan fingerprint density at radius 2 is 2.37 bits per heavy atom. The lowest BCUT2D eigenvalue weighted by Gasteiger charge is -2.11. The first-order valence-electron chi connectivity index (χ1n) is 6.14. The minimum Gasteiger partial charge on any atom is -0.470 e. The van der Waals surface area contributed by atoms with Crippen LogP contribution in [-0.2, 0) is 0 Å². The number of nitrogens with two attached hydrogens (primary N) is 1. The normalized spacial score (nSPS) is 13.6. The Morgan fingerprint density at radius 3 is 2.95 bits per heavy atom. The van der Waals surface area contributed by atoms with Crippen LogP contribution in [0.4, 0.5) is 10.1 Å². The molecule has 104 valence electrons. The summed E-state index contributed by atoms with van der Waals surface area (Å²) in [5, 5.41) is 0. The van der Waals surface area contributed by atoms with Crippen LogP contribution in [-0.4, -0.2) is 11.1 Å². The standard InChI is InChI=1S/C14H20FN3O/c1-4-12(15)7-5-6-11(3)19-14-8-10(2)13(18-16)9-17-14/h4-6,8-9,11,18H,7,16H2,1-3H3/b6-5-,12-4+. The van der Waals surface area contributed by atoms with Gasteiger partial charge in [-0.05, 0) is 32.4 Å². The number of hydrogen-bond acceptors (Lipinski definition) is 4. The van der Waals surface area contributed by atoms with Crippen molar-refractivity contribution in [2.75, 3.05) is 5.43 Å². The molecule has 1 aromatic heterocycles. The number of nitrogens with zero attached hydrogens (tertiary/aromatic N) is 1. The fraction of sp³-hybridized carbons (Fsp3) is 0.357. The number of hydrazine groups is 1. The summed E-state index contributed by atoms with van der Waals surface area (Å²) < 4.78 is 18.5. The average molecular weight is 265 g/mol. The van der Waals surface area contributed by atoms with Crippen molar-refractivity contribution in [3.63, 3.8) is 0 Å². The molecule has 1 aromatic rings. The second kappa shape index (κ2) is 7.53. The SMILES string of the molecule is C/C=C(/F)C/C=C\C(C)Oc1cc(C)c(NN)cn1. The van der Waals surface area contributed by atoms with E-state index in [1.165, 1.54) is 6.08 Å². The van der Waals surface area contributed by atoms with Gasteiger partial charge in [0, 0.05) is 12.5 Å². The Hall–Kier alpha value is -1.88. The summed E-state index contributed by atoms with van der Waals surface area (Å²) in [4.78, 5) is 4.13. The summed E-state index contributed by atoms with van der Waals surface area (Å²) >= 11 is 0. The van der Waals surface area contributed by atoms with E-state index in [4.69, 9.17) is 10.6 Å². The van der Waals surface area contributed by atoms with Gasteiger partial charge in [0.25, 0.3) is 0 Å². The van der Waals surface area contributed by atoms with Crippen molar-refractivity contribution in [1.29, 1.82) is 0 Å². The molecule has 4 nitrogen and oxygen atoms in total. The van der Waals surface area contributed by atoms with Gasteiger partial charge in [0.2, 0.25) is 5.88 Å². The quantitative estimate of drug-likeness (QED) is 0.471. The molecule has 0 saturated carbocycles. The third-order valence-electron chi connectivity index (χ3n) is 2.58. The Labute approximate surface area is 113 Å². The number of anilines is 1. The number of hydrogen-bond donors (Lipinski definition) is 2.